The molecule has 1 unspecified atom stereocenters. The monoisotopic (exact) mass is 1130 g/mol. The number of benzene rings is 13. The summed E-state index contributed by atoms with van der Waals surface area (Å²) in [6.45, 7) is 13.7. The number of fused-ring (bicyclic) bond motifs is 16. The van der Waals surface area contributed by atoms with Gasteiger partial charge in [0.1, 0.15) is 11.5 Å². The summed E-state index contributed by atoms with van der Waals surface area (Å²) >= 11 is 0. The van der Waals surface area contributed by atoms with Crippen molar-refractivity contribution in [2.24, 2.45) is 0 Å². The van der Waals surface area contributed by atoms with Gasteiger partial charge in [-0.05, 0) is 201 Å². The topological polar surface area (TPSA) is 15.7 Å². The Morgan fingerprint density at radius 3 is 1.51 bits per heavy atom. The van der Waals surface area contributed by atoms with E-state index >= 15 is 0 Å². The number of anilines is 6. The molecule has 0 N–H and O–H groups in total. The Bertz CT molecular complexity index is 5000. The third kappa shape index (κ3) is 8.69. The largest absolute Gasteiger partial charge is 0.457 e. The molecule has 0 radical (unpaired) electrons. The summed E-state index contributed by atoms with van der Waals surface area (Å²) < 4.78 is 7.04. The molecule has 1 atom stereocenters. The van der Waals surface area contributed by atoms with Gasteiger partial charge in [0.15, 0.2) is 0 Å². The van der Waals surface area contributed by atoms with Crippen LogP contribution < -0.4 is 25.0 Å². The van der Waals surface area contributed by atoms with Gasteiger partial charge in [-0.25, -0.2) is 0 Å². The van der Waals surface area contributed by atoms with Gasteiger partial charge in [-0.3, -0.25) is 0 Å². The van der Waals surface area contributed by atoms with Crippen LogP contribution in [0.15, 0.2) is 273 Å². The van der Waals surface area contributed by atoms with E-state index in [4.69, 9.17) is 4.74 Å². The van der Waals surface area contributed by atoms with Crippen LogP contribution in [0, 0.1) is 0 Å². The summed E-state index contributed by atoms with van der Waals surface area (Å²) in [6, 6.07) is 102. The SMILES string of the molecule is CC(C)(C)c1ccc(N(c2ccc(C3C=c4ccccc4=CC3)cc2)c2ccc3c(c2)C2(c4ccccc4Oc4ccccc42)c2c-3c3ccccc3c3cc(N(c4ccc(-c5ccc6ccccc6c5)cc4)c4ccc(C(C)(C)C)cc4)ccc23)cc1. The van der Waals surface area contributed by atoms with Crippen LogP contribution >= 0.6 is 0 Å². The Morgan fingerprint density at radius 2 is 0.875 bits per heavy atom. The van der Waals surface area contributed by atoms with Crippen LogP contribution in [0.3, 0.4) is 0 Å². The first kappa shape index (κ1) is 53.3. The van der Waals surface area contributed by atoms with Crippen LogP contribution in [0.5, 0.6) is 11.5 Å². The number of hydrogen-bond acceptors (Lipinski definition) is 3. The third-order valence-corrected chi connectivity index (χ3v) is 19.1. The van der Waals surface area contributed by atoms with E-state index in [0.29, 0.717) is 5.92 Å². The Hall–Kier alpha value is -10.2. The standard InChI is InChI=1S/C85H68N2O/c1-83(2,3)63-35-43-67(44-36-63)86(65-39-31-57(32-40-65)61-29-27-55-17-7-9-19-59(55)51-61)69-47-49-73-75(53-69)71-21-11-12-22-72(71)81-74-50-48-70(54-78(74)85(82(73)81)76-23-13-15-25-79(76)88-80-26-16-14-24-77(80)85)87(68-45-37-64(38-46-68)84(4,5)6)66-41-33-58(34-42-66)62-30-28-56-18-8-10-20-60(56)52-62/h7-29,31-54,62H,30H2,1-6H3. The lowest BCUT2D eigenvalue weighted by molar-refractivity contribution is 0.437. The molecule has 1 heterocycles. The van der Waals surface area contributed by atoms with Crippen molar-refractivity contribution in [3.05, 3.63) is 322 Å². The van der Waals surface area contributed by atoms with Crippen LogP contribution in [-0.2, 0) is 16.2 Å². The predicted octanol–water partition coefficient (Wildman–Crippen LogP) is 21.6. The normalized spacial score (nSPS) is 14.5. The Kier molecular flexibility index (Phi) is 12.4. The maximum atomic E-state index is 7.04. The molecule has 424 valence electrons. The lowest BCUT2D eigenvalue weighted by Crippen LogP contribution is -2.32. The summed E-state index contributed by atoms with van der Waals surface area (Å²) in [5.41, 5.74) is 19.3. The second-order valence-electron chi connectivity index (χ2n) is 26.4. The highest BCUT2D eigenvalue weighted by atomic mass is 16.5. The zero-order valence-electron chi connectivity index (χ0n) is 50.7. The lowest BCUT2D eigenvalue weighted by Gasteiger charge is -2.40. The van der Waals surface area contributed by atoms with Crippen LogP contribution in [0.25, 0.3) is 66.7 Å². The summed E-state index contributed by atoms with van der Waals surface area (Å²) in [5.74, 6) is 2.03. The third-order valence-electron chi connectivity index (χ3n) is 19.1. The fraction of sp³-hybridized carbons (Fsp3) is 0.129. The number of para-hydroxylation sites is 2. The average Bonchev–Trinajstić information content (AvgIpc) is 1.50. The summed E-state index contributed by atoms with van der Waals surface area (Å²) in [5, 5.41) is 9.94. The molecule has 3 aliphatic rings. The van der Waals surface area contributed by atoms with Crippen molar-refractivity contribution in [1.82, 2.24) is 0 Å². The second kappa shape index (κ2) is 20.5. The molecule has 13 aromatic carbocycles. The first-order valence-electron chi connectivity index (χ1n) is 31.2. The molecule has 13 aromatic rings. The average molecular weight is 1130 g/mol. The zero-order chi connectivity index (χ0) is 59.5. The first-order chi connectivity index (χ1) is 42.9. The van der Waals surface area contributed by atoms with Crippen LogP contribution in [0.1, 0.15) is 92.8 Å². The molecule has 0 fully saturated rings. The van der Waals surface area contributed by atoms with E-state index in [1.807, 2.05) is 0 Å². The molecule has 1 aliphatic heterocycles. The maximum absolute atomic E-state index is 7.04. The van der Waals surface area contributed by atoms with Gasteiger partial charge in [0.25, 0.3) is 0 Å². The molecule has 3 nitrogen and oxygen atoms in total. The molecule has 0 bridgehead atoms. The lowest BCUT2D eigenvalue weighted by atomic mass is 9.65. The fourth-order valence-corrected chi connectivity index (χ4v) is 14.7. The van der Waals surface area contributed by atoms with Gasteiger partial charge in [0.05, 0.1) is 5.41 Å². The van der Waals surface area contributed by atoms with Crippen LogP contribution in [-0.4, -0.2) is 0 Å². The van der Waals surface area contributed by atoms with E-state index in [0.717, 1.165) is 63.2 Å². The quantitative estimate of drug-likeness (QED) is 0.141. The molecule has 0 saturated heterocycles. The molecule has 0 aromatic heterocycles. The Morgan fingerprint density at radius 1 is 0.375 bits per heavy atom. The minimum atomic E-state index is -0.786. The van der Waals surface area contributed by atoms with Crippen molar-refractivity contribution in [2.75, 3.05) is 9.80 Å². The molecule has 0 saturated carbocycles. The first-order valence-corrected chi connectivity index (χ1v) is 31.2. The summed E-state index contributed by atoms with van der Waals surface area (Å²) in [7, 11) is 0. The van der Waals surface area contributed by atoms with E-state index in [-0.39, 0.29) is 10.8 Å². The van der Waals surface area contributed by atoms with E-state index in [2.05, 4.69) is 336 Å². The Balaban J connectivity index is 0.908. The van der Waals surface area contributed by atoms with Crippen molar-refractivity contribution < 1.29 is 4.74 Å². The minimum Gasteiger partial charge on any atom is -0.457 e. The van der Waals surface area contributed by atoms with Crippen molar-refractivity contribution in [3.8, 4) is 33.8 Å². The summed E-state index contributed by atoms with van der Waals surface area (Å²) in [6.07, 6.45) is 5.81. The van der Waals surface area contributed by atoms with E-state index < -0.39 is 5.41 Å². The number of hydrogen-bond donors (Lipinski definition) is 0. The van der Waals surface area contributed by atoms with E-state index in [9.17, 15) is 0 Å². The van der Waals surface area contributed by atoms with Crippen molar-refractivity contribution in [2.45, 2.75) is 70.1 Å². The van der Waals surface area contributed by atoms with Crippen molar-refractivity contribution >= 4 is 78.6 Å². The molecule has 3 heteroatoms. The maximum Gasteiger partial charge on any atom is 0.132 e. The molecule has 2 aliphatic carbocycles. The molecule has 88 heavy (non-hydrogen) atoms. The highest BCUT2D eigenvalue weighted by molar-refractivity contribution is 6.20. The van der Waals surface area contributed by atoms with Gasteiger partial charge in [-0.1, -0.05) is 236 Å². The number of rotatable bonds is 8. The molecule has 1 spiro atoms. The van der Waals surface area contributed by atoms with Gasteiger partial charge in [0.2, 0.25) is 0 Å². The molecule has 0 amide bonds. The van der Waals surface area contributed by atoms with Gasteiger partial charge in [-0.2, -0.15) is 0 Å². The number of nitrogens with zero attached hydrogens (tertiary/aromatic N) is 2. The smallest absolute Gasteiger partial charge is 0.132 e. The van der Waals surface area contributed by atoms with E-state index in [1.54, 1.807) is 0 Å². The molecular formula is C85H68N2O. The van der Waals surface area contributed by atoms with E-state index in [1.165, 1.54) is 92.8 Å². The van der Waals surface area contributed by atoms with Gasteiger partial charge in [-0.15, -0.1) is 0 Å². The second-order valence-corrected chi connectivity index (χ2v) is 26.4. The highest BCUT2D eigenvalue weighted by Gasteiger charge is 2.53. The highest BCUT2D eigenvalue weighted by Crippen LogP contribution is 2.66. The Labute approximate surface area is 516 Å². The van der Waals surface area contributed by atoms with Gasteiger partial charge in [0, 0.05) is 51.2 Å². The molecule has 16 rings (SSSR count). The number of ether oxygens (including phenoxy) is 1. The van der Waals surface area contributed by atoms with Gasteiger partial charge >= 0.3 is 0 Å². The fourth-order valence-electron chi connectivity index (χ4n) is 14.7. The molecular weight excluding hydrogens is 1060 g/mol. The van der Waals surface area contributed by atoms with Gasteiger partial charge < -0.3 is 14.5 Å². The minimum absolute atomic E-state index is 0.000486. The van der Waals surface area contributed by atoms with Crippen molar-refractivity contribution in [1.29, 1.82) is 0 Å². The predicted molar refractivity (Wildman–Crippen MR) is 371 cm³/mol. The zero-order valence-corrected chi connectivity index (χ0v) is 50.7. The summed E-state index contributed by atoms with van der Waals surface area (Å²) in [4.78, 5) is 4.91. The van der Waals surface area contributed by atoms with Crippen LogP contribution in [0.4, 0.5) is 34.1 Å². The van der Waals surface area contributed by atoms with Crippen molar-refractivity contribution in [3.63, 3.8) is 0 Å². The van der Waals surface area contributed by atoms with Crippen LogP contribution in [0.2, 0.25) is 0 Å².